The van der Waals surface area contributed by atoms with Crippen LogP contribution in [0.5, 0.6) is 0 Å². The summed E-state index contributed by atoms with van der Waals surface area (Å²) in [6.07, 6.45) is 3.48. The van der Waals surface area contributed by atoms with Crippen LogP contribution in [0.15, 0.2) is 30.3 Å². The molecule has 1 N–H and O–H groups in total. The van der Waals surface area contributed by atoms with Gasteiger partial charge in [0.15, 0.2) is 0 Å². The Morgan fingerprint density at radius 3 is 2.60 bits per heavy atom. The fourth-order valence-electron chi connectivity index (χ4n) is 4.29. The Labute approximate surface area is 121 Å². The van der Waals surface area contributed by atoms with E-state index in [1.165, 1.54) is 31.5 Å². The summed E-state index contributed by atoms with van der Waals surface area (Å²) in [4.78, 5) is 0. The van der Waals surface area contributed by atoms with E-state index >= 15 is 0 Å². The zero-order valence-electron chi connectivity index (χ0n) is 12.4. The van der Waals surface area contributed by atoms with E-state index < -0.39 is 0 Å². The second kappa shape index (κ2) is 5.84. The molecule has 0 saturated carbocycles. The molecule has 0 radical (unpaired) electrons. The topological polar surface area (TPSA) is 29.5 Å². The van der Waals surface area contributed by atoms with Gasteiger partial charge in [0.25, 0.3) is 0 Å². The third kappa shape index (κ3) is 2.62. The number of aliphatic hydroxyl groups excluding tert-OH is 1. The number of benzene rings is 1. The minimum Gasteiger partial charge on any atom is -0.384 e. The van der Waals surface area contributed by atoms with Gasteiger partial charge in [-0.05, 0) is 18.8 Å². The molecule has 3 aliphatic rings. The highest BCUT2D eigenvalue weighted by molar-refractivity contribution is 5.13. The van der Waals surface area contributed by atoms with Gasteiger partial charge in [-0.25, -0.2) is 0 Å². The number of hydrogen-bond acceptors (Lipinski definition) is 2. The lowest BCUT2D eigenvalue weighted by molar-refractivity contribution is -0.981. The Kier molecular flexibility index (Phi) is 4.11. The van der Waals surface area contributed by atoms with Crippen molar-refractivity contribution < 1.29 is 14.3 Å². The lowest BCUT2D eigenvalue weighted by Crippen LogP contribution is -2.67. The van der Waals surface area contributed by atoms with Gasteiger partial charge in [0, 0.05) is 19.1 Å². The first-order valence-electron chi connectivity index (χ1n) is 7.80. The number of nitrogens with zero attached hydrogens (tertiary/aromatic N) is 1. The van der Waals surface area contributed by atoms with Crippen LogP contribution in [0.3, 0.4) is 0 Å². The molecule has 3 aliphatic heterocycles. The van der Waals surface area contributed by atoms with Gasteiger partial charge >= 0.3 is 0 Å². The quantitative estimate of drug-likeness (QED) is 0.835. The molecule has 3 nitrogen and oxygen atoms in total. The largest absolute Gasteiger partial charge is 0.384 e. The number of aliphatic hydroxyl groups is 1. The maximum atomic E-state index is 10.5. The Hall–Kier alpha value is -0.900. The fourth-order valence-corrected chi connectivity index (χ4v) is 4.29. The average molecular weight is 276 g/mol. The van der Waals surface area contributed by atoms with Gasteiger partial charge in [0.2, 0.25) is 0 Å². The van der Waals surface area contributed by atoms with Gasteiger partial charge in [-0.3, -0.25) is 0 Å². The molecule has 2 bridgehead atoms. The molecule has 3 saturated heterocycles. The smallest absolute Gasteiger partial charge is 0.129 e. The van der Waals surface area contributed by atoms with Crippen LogP contribution < -0.4 is 0 Å². The molecule has 110 valence electrons. The monoisotopic (exact) mass is 276 g/mol. The number of ether oxygens (including phenoxy) is 1. The summed E-state index contributed by atoms with van der Waals surface area (Å²) in [5.41, 5.74) is 1.39. The summed E-state index contributed by atoms with van der Waals surface area (Å²) in [6.45, 7) is 3.95. The summed E-state index contributed by atoms with van der Waals surface area (Å²) in [5.74, 6) is 0.822. The first-order valence-corrected chi connectivity index (χ1v) is 7.80. The summed E-state index contributed by atoms with van der Waals surface area (Å²) >= 11 is 0. The van der Waals surface area contributed by atoms with Gasteiger partial charge in [-0.1, -0.05) is 30.3 Å². The van der Waals surface area contributed by atoms with Gasteiger partial charge in [-0.2, -0.15) is 0 Å². The van der Waals surface area contributed by atoms with Crippen molar-refractivity contribution in [1.29, 1.82) is 0 Å². The molecule has 2 atom stereocenters. The maximum absolute atomic E-state index is 10.5. The normalized spacial score (nSPS) is 34.1. The second-order valence-electron chi connectivity index (χ2n) is 6.58. The Morgan fingerprint density at radius 2 is 1.95 bits per heavy atom. The van der Waals surface area contributed by atoms with Crippen molar-refractivity contribution >= 4 is 0 Å². The van der Waals surface area contributed by atoms with E-state index in [2.05, 4.69) is 30.3 Å². The van der Waals surface area contributed by atoms with Crippen LogP contribution in [-0.2, 0) is 11.3 Å². The highest BCUT2D eigenvalue weighted by Gasteiger charge is 2.50. The molecule has 0 aromatic heterocycles. The van der Waals surface area contributed by atoms with E-state index in [0.29, 0.717) is 12.6 Å². The van der Waals surface area contributed by atoms with E-state index in [4.69, 9.17) is 4.74 Å². The molecule has 4 rings (SSSR count). The minimum absolute atomic E-state index is 0.327. The lowest BCUT2D eigenvalue weighted by Gasteiger charge is -2.55. The molecule has 0 spiro atoms. The van der Waals surface area contributed by atoms with Gasteiger partial charge < -0.3 is 14.3 Å². The number of rotatable bonds is 5. The lowest BCUT2D eigenvalue weighted by atomic mass is 9.78. The predicted octanol–water partition coefficient (Wildman–Crippen LogP) is 2.19. The van der Waals surface area contributed by atoms with Crippen LogP contribution in [0, 0.1) is 5.92 Å². The van der Waals surface area contributed by atoms with Crippen molar-refractivity contribution in [2.75, 3.05) is 26.8 Å². The third-order valence-corrected chi connectivity index (χ3v) is 5.37. The van der Waals surface area contributed by atoms with Crippen molar-refractivity contribution in [2.45, 2.75) is 38.0 Å². The average Bonchev–Trinajstić information content (AvgIpc) is 2.49. The Morgan fingerprint density at radius 1 is 1.25 bits per heavy atom. The van der Waals surface area contributed by atoms with Gasteiger partial charge in [0.1, 0.15) is 18.7 Å². The van der Waals surface area contributed by atoms with E-state index in [-0.39, 0.29) is 6.10 Å². The number of piperidine rings is 3. The molecule has 0 amide bonds. The van der Waals surface area contributed by atoms with Crippen molar-refractivity contribution in [3.05, 3.63) is 35.9 Å². The van der Waals surface area contributed by atoms with Crippen molar-refractivity contribution in [1.82, 2.24) is 0 Å². The number of hydrogen-bond donors (Lipinski definition) is 1. The predicted molar refractivity (Wildman–Crippen MR) is 79.2 cm³/mol. The zero-order valence-corrected chi connectivity index (χ0v) is 12.4. The first-order chi connectivity index (χ1) is 9.73. The SMILES string of the molecule is COC[C@H](O)[C@H]1CC2CC[N+]1(Cc1ccccc1)CC2. The number of fused-ring (bicyclic) bond motifs is 3. The molecule has 1 aromatic carbocycles. The number of methoxy groups -OCH3 is 1. The van der Waals surface area contributed by atoms with E-state index in [1.807, 2.05) is 0 Å². The van der Waals surface area contributed by atoms with Crippen LogP contribution in [0.2, 0.25) is 0 Å². The summed E-state index contributed by atoms with van der Waals surface area (Å²) in [5, 5.41) is 10.5. The van der Waals surface area contributed by atoms with E-state index in [0.717, 1.165) is 23.4 Å². The summed E-state index contributed by atoms with van der Waals surface area (Å²) in [7, 11) is 1.68. The molecule has 0 unspecified atom stereocenters. The Bertz CT molecular complexity index is 426. The maximum Gasteiger partial charge on any atom is 0.129 e. The van der Waals surface area contributed by atoms with Gasteiger partial charge in [-0.15, -0.1) is 0 Å². The molecule has 3 fully saturated rings. The second-order valence-corrected chi connectivity index (χ2v) is 6.58. The van der Waals surface area contributed by atoms with Crippen LogP contribution >= 0.6 is 0 Å². The Balaban J connectivity index is 1.82. The molecule has 3 heteroatoms. The molecular weight excluding hydrogens is 250 g/mol. The summed E-state index contributed by atoms with van der Waals surface area (Å²) < 4.78 is 6.26. The van der Waals surface area contributed by atoms with E-state index in [9.17, 15) is 5.11 Å². The molecule has 3 heterocycles. The molecular formula is C17H26NO2+. The molecule has 20 heavy (non-hydrogen) atoms. The standard InChI is InChI=1S/C17H26NO2/c1-20-13-17(19)16-11-14-7-9-18(16,10-8-14)12-15-5-3-2-4-6-15/h2-6,14,16-17,19H,7-13H2,1H3/q+1/t14?,16-,17+,18?/m1/s1. The molecule has 1 aromatic rings. The van der Waals surface area contributed by atoms with Crippen molar-refractivity contribution in [2.24, 2.45) is 5.92 Å². The summed E-state index contributed by atoms with van der Waals surface area (Å²) in [6, 6.07) is 11.1. The van der Waals surface area contributed by atoms with Crippen LogP contribution in [0.1, 0.15) is 24.8 Å². The zero-order chi connectivity index (χ0) is 14.0. The highest BCUT2D eigenvalue weighted by Crippen LogP contribution is 2.41. The highest BCUT2D eigenvalue weighted by atomic mass is 16.5. The van der Waals surface area contributed by atoms with Crippen molar-refractivity contribution in [3.8, 4) is 0 Å². The van der Waals surface area contributed by atoms with E-state index in [1.54, 1.807) is 7.11 Å². The molecule has 0 aliphatic carbocycles. The van der Waals surface area contributed by atoms with Crippen LogP contribution in [0.4, 0.5) is 0 Å². The van der Waals surface area contributed by atoms with Crippen LogP contribution in [0.25, 0.3) is 0 Å². The van der Waals surface area contributed by atoms with Crippen molar-refractivity contribution in [3.63, 3.8) is 0 Å². The van der Waals surface area contributed by atoms with Crippen LogP contribution in [-0.4, -0.2) is 48.5 Å². The fraction of sp³-hybridized carbons (Fsp3) is 0.647. The van der Waals surface area contributed by atoms with Gasteiger partial charge in [0.05, 0.1) is 19.7 Å². The first kappa shape index (κ1) is 14.1. The minimum atomic E-state index is -0.327. The number of quaternary nitrogens is 1. The third-order valence-electron chi connectivity index (χ3n) is 5.37.